The average Bonchev–Trinajstić information content (AvgIpc) is 3.26. The second-order valence-corrected chi connectivity index (χ2v) is 6.74. The van der Waals surface area contributed by atoms with Gasteiger partial charge in [-0.05, 0) is 50.4 Å². The highest BCUT2D eigenvalue weighted by Crippen LogP contribution is 2.31. The van der Waals surface area contributed by atoms with Crippen molar-refractivity contribution in [1.29, 1.82) is 0 Å². The molecule has 2 fully saturated rings. The number of hydrogen-bond donors (Lipinski definition) is 2. The van der Waals surface area contributed by atoms with Crippen LogP contribution in [-0.4, -0.2) is 44.1 Å². The lowest BCUT2D eigenvalue weighted by Crippen LogP contribution is -2.44. The molecule has 1 unspecified atom stereocenters. The number of nitrogens with one attached hydrogen (secondary N) is 2. The minimum absolute atomic E-state index is 0.285. The van der Waals surface area contributed by atoms with Crippen LogP contribution in [0.5, 0.6) is 0 Å². The SMILES string of the molecule is CN=C(NCCC1CC1)NCC(c1ccco1)N1CCCCC1. The molecule has 23 heavy (non-hydrogen) atoms. The number of piperidine rings is 1. The van der Waals surface area contributed by atoms with Crippen LogP contribution in [0.3, 0.4) is 0 Å². The van der Waals surface area contributed by atoms with Crippen LogP contribution >= 0.6 is 0 Å². The summed E-state index contributed by atoms with van der Waals surface area (Å²) in [5, 5.41) is 6.92. The molecule has 1 aliphatic carbocycles. The molecule has 2 aliphatic rings. The van der Waals surface area contributed by atoms with Gasteiger partial charge in [-0.2, -0.15) is 0 Å². The molecule has 1 aliphatic heterocycles. The number of likely N-dealkylation sites (tertiary alicyclic amines) is 1. The molecule has 2 heterocycles. The fourth-order valence-corrected chi connectivity index (χ4v) is 3.34. The third-order valence-corrected chi connectivity index (χ3v) is 4.93. The van der Waals surface area contributed by atoms with E-state index in [1.54, 1.807) is 6.26 Å². The molecule has 5 nitrogen and oxygen atoms in total. The summed E-state index contributed by atoms with van der Waals surface area (Å²) in [6.45, 7) is 4.15. The van der Waals surface area contributed by atoms with Crippen LogP contribution in [0, 0.1) is 5.92 Å². The Hall–Kier alpha value is -1.49. The predicted octanol–water partition coefficient (Wildman–Crippen LogP) is 2.77. The fraction of sp³-hybridized carbons (Fsp3) is 0.722. The van der Waals surface area contributed by atoms with Crippen molar-refractivity contribution in [3.05, 3.63) is 24.2 Å². The van der Waals surface area contributed by atoms with Gasteiger partial charge in [0.2, 0.25) is 0 Å². The van der Waals surface area contributed by atoms with Gasteiger partial charge in [0.05, 0.1) is 12.3 Å². The standard InChI is InChI=1S/C18H30N4O/c1-19-18(20-10-9-15-7-8-15)21-14-16(17-6-5-13-23-17)22-11-3-2-4-12-22/h5-6,13,15-16H,2-4,7-12,14H2,1H3,(H2,19,20,21). The highest BCUT2D eigenvalue weighted by Gasteiger charge is 2.25. The van der Waals surface area contributed by atoms with Crippen LogP contribution in [0.25, 0.3) is 0 Å². The molecule has 3 rings (SSSR count). The highest BCUT2D eigenvalue weighted by atomic mass is 16.3. The number of guanidine groups is 1. The maximum absolute atomic E-state index is 5.69. The smallest absolute Gasteiger partial charge is 0.191 e. The molecule has 0 spiro atoms. The summed E-state index contributed by atoms with van der Waals surface area (Å²) >= 11 is 0. The normalized spacial score (nSPS) is 21.2. The summed E-state index contributed by atoms with van der Waals surface area (Å²) in [5.74, 6) is 2.90. The average molecular weight is 318 g/mol. The first-order valence-electron chi connectivity index (χ1n) is 9.09. The zero-order valence-electron chi connectivity index (χ0n) is 14.3. The van der Waals surface area contributed by atoms with Crippen LogP contribution in [0.4, 0.5) is 0 Å². The summed E-state index contributed by atoms with van der Waals surface area (Å²) in [5.41, 5.74) is 0. The Bertz CT molecular complexity index is 475. The van der Waals surface area contributed by atoms with E-state index >= 15 is 0 Å². The van der Waals surface area contributed by atoms with E-state index in [1.165, 1.54) is 38.5 Å². The Morgan fingerprint density at radius 3 is 2.78 bits per heavy atom. The second-order valence-electron chi connectivity index (χ2n) is 6.74. The lowest BCUT2D eigenvalue weighted by atomic mass is 10.1. The van der Waals surface area contributed by atoms with E-state index in [1.807, 2.05) is 13.1 Å². The van der Waals surface area contributed by atoms with Crippen LogP contribution in [0.15, 0.2) is 27.8 Å². The number of nitrogens with zero attached hydrogens (tertiary/aromatic N) is 2. The summed E-state index contributed by atoms with van der Waals surface area (Å²) in [6.07, 6.45) is 9.76. The van der Waals surface area contributed by atoms with Gasteiger partial charge in [-0.1, -0.05) is 19.3 Å². The van der Waals surface area contributed by atoms with Gasteiger partial charge in [0.25, 0.3) is 0 Å². The molecule has 1 aromatic rings. The summed E-state index contributed by atoms with van der Waals surface area (Å²) in [7, 11) is 1.84. The molecule has 0 radical (unpaired) electrons. The van der Waals surface area contributed by atoms with E-state index in [4.69, 9.17) is 4.42 Å². The van der Waals surface area contributed by atoms with Gasteiger partial charge in [-0.15, -0.1) is 0 Å². The quantitative estimate of drug-likeness (QED) is 0.599. The minimum Gasteiger partial charge on any atom is -0.468 e. The van der Waals surface area contributed by atoms with Gasteiger partial charge in [0.15, 0.2) is 5.96 Å². The Kier molecular flexibility index (Phi) is 5.97. The molecule has 1 saturated heterocycles. The minimum atomic E-state index is 0.285. The fourth-order valence-electron chi connectivity index (χ4n) is 3.34. The zero-order chi connectivity index (χ0) is 15.9. The molecule has 2 N–H and O–H groups in total. The second kappa shape index (κ2) is 8.39. The third-order valence-electron chi connectivity index (χ3n) is 4.93. The van der Waals surface area contributed by atoms with Gasteiger partial charge in [0.1, 0.15) is 5.76 Å². The first kappa shape index (κ1) is 16.4. The molecule has 128 valence electrons. The molecule has 5 heteroatoms. The number of furan rings is 1. The molecule has 0 aromatic carbocycles. The van der Waals surface area contributed by atoms with Crippen molar-refractivity contribution in [2.24, 2.45) is 10.9 Å². The van der Waals surface area contributed by atoms with Gasteiger partial charge < -0.3 is 15.1 Å². The van der Waals surface area contributed by atoms with E-state index in [0.29, 0.717) is 0 Å². The molecular weight excluding hydrogens is 288 g/mol. The van der Waals surface area contributed by atoms with Crippen LogP contribution in [0.1, 0.15) is 50.3 Å². The van der Waals surface area contributed by atoms with Crippen molar-refractivity contribution in [3.8, 4) is 0 Å². The summed E-state index contributed by atoms with van der Waals surface area (Å²) < 4.78 is 5.69. The van der Waals surface area contributed by atoms with Gasteiger partial charge in [-0.3, -0.25) is 9.89 Å². The summed E-state index contributed by atoms with van der Waals surface area (Å²) in [4.78, 5) is 6.88. The van der Waals surface area contributed by atoms with Gasteiger partial charge >= 0.3 is 0 Å². The van der Waals surface area contributed by atoms with Crippen molar-refractivity contribution in [2.75, 3.05) is 33.2 Å². The topological polar surface area (TPSA) is 52.8 Å². The first-order chi connectivity index (χ1) is 11.4. The van der Waals surface area contributed by atoms with Gasteiger partial charge in [-0.25, -0.2) is 0 Å². The Morgan fingerprint density at radius 2 is 2.13 bits per heavy atom. The van der Waals surface area contributed by atoms with Crippen LogP contribution < -0.4 is 10.6 Å². The molecule has 1 aromatic heterocycles. The van der Waals surface area contributed by atoms with Crippen molar-refractivity contribution in [3.63, 3.8) is 0 Å². The third kappa shape index (κ3) is 4.99. The van der Waals surface area contributed by atoms with Crippen molar-refractivity contribution in [2.45, 2.75) is 44.6 Å². The van der Waals surface area contributed by atoms with Crippen molar-refractivity contribution in [1.82, 2.24) is 15.5 Å². The maximum Gasteiger partial charge on any atom is 0.191 e. The van der Waals surface area contributed by atoms with Crippen molar-refractivity contribution >= 4 is 5.96 Å². The zero-order valence-corrected chi connectivity index (χ0v) is 14.3. The molecule has 0 amide bonds. The van der Waals surface area contributed by atoms with Crippen LogP contribution in [-0.2, 0) is 0 Å². The lowest BCUT2D eigenvalue weighted by molar-refractivity contribution is 0.146. The van der Waals surface area contributed by atoms with E-state index in [2.05, 4.69) is 26.6 Å². The molecule has 0 bridgehead atoms. The largest absolute Gasteiger partial charge is 0.468 e. The van der Waals surface area contributed by atoms with E-state index < -0.39 is 0 Å². The van der Waals surface area contributed by atoms with E-state index in [0.717, 1.165) is 43.8 Å². The van der Waals surface area contributed by atoms with Gasteiger partial charge in [0, 0.05) is 20.1 Å². The van der Waals surface area contributed by atoms with E-state index in [-0.39, 0.29) is 6.04 Å². The van der Waals surface area contributed by atoms with E-state index in [9.17, 15) is 0 Å². The Balaban J connectivity index is 1.52. The Labute approximate surface area is 139 Å². The molecule has 1 atom stereocenters. The Morgan fingerprint density at radius 1 is 1.30 bits per heavy atom. The van der Waals surface area contributed by atoms with Crippen LogP contribution in [0.2, 0.25) is 0 Å². The first-order valence-corrected chi connectivity index (χ1v) is 9.09. The number of aliphatic imine (C=N–C) groups is 1. The molecular formula is C18H30N4O. The predicted molar refractivity (Wildman–Crippen MR) is 93.6 cm³/mol. The monoisotopic (exact) mass is 318 g/mol. The summed E-state index contributed by atoms with van der Waals surface area (Å²) in [6, 6.07) is 4.35. The number of hydrogen-bond acceptors (Lipinski definition) is 3. The highest BCUT2D eigenvalue weighted by molar-refractivity contribution is 5.79. The number of rotatable bonds is 7. The lowest BCUT2D eigenvalue weighted by Gasteiger charge is -2.33. The molecule has 1 saturated carbocycles. The maximum atomic E-state index is 5.69. The van der Waals surface area contributed by atoms with Crippen molar-refractivity contribution < 1.29 is 4.42 Å².